The van der Waals surface area contributed by atoms with Crippen molar-refractivity contribution in [2.45, 2.75) is 13.0 Å². The van der Waals surface area contributed by atoms with Gasteiger partial charge in [-0.15, -0.1) is 11.3 Å². The van der Waals surface area contributed by atoms with Crippen LogP contribution in [0, 0.1) is 12.7 Å². The molecule has 1 aliphatic heterocycles. The summed E-state index contributed by atoms with van der Waals surface area (Å²) in [6.07, 6.45) is 0. The average molecular weight is 325 g/mol. The lowest BCUT2D eigenvalue weighted by molar-refractivity contribution is 0.197. The molecular weight excluding hydrogens is 307 g/mol. The maximum atomic E-state index is 14.7. The first kappa shape index (κ1) is 15.0. The highest BCUT2D eigenvalue weighted by atomic mass is 35.5. The topological polar surface area (TPSA) is 15.3 Å². The van der Waals surface area contributed by atoms with Crippen molar-refractivity contribution in [3.63, 3.8) is 0 Å². The molecule has 1 saturated heterocycles. The number of benzene rings is 1. The normalized spacial score (nSPS) is 17.9. The number of thiophene rings is 1. The van der Waals surface area contributed by atoms with Gasteiger partial charge in [-0.1, -0.05) is 23.7 Å². The number of hydrogen-bond donors (Lipinski definition) is 1. The van der Waals surface area contributed by atoms with E-state index in [1.54, 1.807) is 30.4 Å². The van der Waals surface area contributed by atoms with E-state index in [1.807, 2.05) is 11.4 Å². The monoisotopic (exact) mass is 324 g/mol. The standard InChI is InChI=1S/C16H18ClFN2S/c1-11-4-5-12(17)14(15(11)18)16(13-3-2-10-21-13)20-8-6-19-7-9-20/h2-5,10,16,19H,6-9H2,1H3/t16-/m0/s1. The van der Waals surface area contributed by atoms with E-state index in [-0.39, 0.29) is 11.9 Å². The summed E-state index contributed by atoms with van der Waals surface area (Å²) in [5.74, 6) is -0.181. The van der Waals surface area contributed by atoms with Crippen molar-refractivity contribution in [2.24, 2.45) is 0 Å². The van der Waals surface area contributed by atoms with Crippen molar-refractivity contribution in [1.29, 1.82) is 0 Å². The predicted octanol–water partition coefficient (Wildman–Crippen LogP) is 3.84. The summed E-state index contributed by atoms with van der Waals surface area (Å²) in [6, 6.07) is 7.52. The van der Waals surface area contributed by atoms with Gasteiger partial charge in [0.15, 0.2) is 0 Å². The fraction of sp³-hybridized carbons (Fsp3) is 0.375. The van der Waals surface area contributed by atoms with Crippen LogP contribution in [-0.2, 0) is 0 Å². The molecule has 21 heavy (non-hydrogen) atoms. The summed E-state index contributed by atoms with van der Waals surface area (Å²) in [4.78, 5) is 3.45. The predicted molar refractivity (Wildman–Crippen MR) is 86.8 cm³/mol. The molecule has 2 aromatic rings. The van der Waals surface area contributed by atoms with Crippen LogP contribution in [0.2, 0.25) is 5.02 Å². The number of aryl methyl sites for hydroxylation is 1. The molecule has 0 amide bonds. The SMILES string of the molecule is Cc1ccc(Cl)c([C@H](c2cccs2)N2CCNCC2)c1F. The Kier molecular flexibility index (Phi) is 4.60. The van der Waals surface area contributed by atoms with Crippen LogP contribution >= 0.6 is 22.9 Å². The molecular formula is C16H18ClFN2S. The number of nitrogens with one attached hydrogen (secondary N) is 1. The van der Waals surface area contributed by atoms with Gasteiger partial charge in [-0.05, 0) is 30.0 Å². The van der Waals surface area contributed by atoms with E-state index in [2.05, 4.69) is 16.3 Å². The van der Waals surface area contributed by atoms with E-state index in [0.717, 1.165) is 31.1 Å². The zero-order chi connectivity index (χ0) is 14.8. The lowest BCUT2D eigenvalue weighted by Crippen LogP contribution is -2.45. The molecule has 0 saturated carbocycles. The van der Waals surface area contributed by atoms with Crippen molar-refractivity contribution in [3.8, 4) is 0 Å². The van der Waals surface area contributed by atoms with Crippen molar-refractivity contribution >= 4 is 22.9 Å². The molecule has 1 atom stereocenters. The Morgan fingerprint density at radius 3 is 2.71 bits per heavy atom. The zero-order valence-electron chi connectivity index (χ0n) is 11.9. The van der Waals surface area contributed by atoms with Crippen molar-refractivity contribution in [2.75, 3.05) is 26.2 Å². The third-order valence-corrected chi connectivity index (χ3v) is 5.18. The highest BCUT2D eigenvalue weighted by Crippen LogP contribution is 2.38. The molecule has 1 fully saturated rings. The van der Waals surface area contributed by atoms with Gasteiger partial charge in [-0.3, -0.25) is 4.90 Å². The van der Waals surface area contributed by atoms with Crippen LogP contribution in [0.5, 0.6) is 0 Å². The maximum Gasteiger partial charge on any atom is 0.132 e. The molecule has 1 aliphatic rings. The smallest absolute Gasteiger partial charge is 0.132 e. The number of halogens is 2. The molecule has 2 nitrogen and oxygen atoms in total. The van der Waals surface area contributed by atoms with Crippen LogP contribution in [0.1, 0.15) is 22.0 Å². The fourth-order valence-electron chi connectivity index (χ4n) is 2.82. The molecule has 1 aromatic carbocycles. The van der Waals surface area contributed by atoms with E-state index in [9.17, 15) is 4.39 Å². The van der Waals surface area contributed by atoms with Crippen LogP contribution in [0.15, 0.2) is 29.6 Å². The number of nitrogens with zero attached hydrogens (tertiary/aromatic N) is 1. The molecule has 0 bridgehead atoms. The summed E-state index contributed by atoms with van der Waals surface area (Å²) in [7, 11) is 0. The van der Waals surface area contributed by atoms with Crippen LogP contribution in [-0.4, -0.2) is 31.1 Å². The average Bonchev–Trinajstić information content (AvgIpc) is 3.02. The van der Waals surface area contributed by atoms with Crippen LogP contribution in [0.25, 0.3) is 0 Å². The van der Waals surface area contributed by atoms with Gasteiger partial charge in [0.25, 0.3) is 0 Å². The molecule has 3 rings (SSSR count). The third-order valence-electron chi connectivity index (χ3n) is 3.92. The Labute approximate surface area is 133 Å². The number of hydrogen-bond acceptors (Lipinski definition) is 3. The van der Waals surface area contributed by atoms with Gasteiger partial charge in [-0.2, -0.15) is 0 Å². The van der Waals surface area contributed by atoms with E-state index in [0.29, 0.717) is 16.1 Å². The second kappa shape index (κ2) is 6.44. The minimum atomic E-state index is -0.181. The summed E-state index contributed by atoms with van der Waals surface area (Å²) < 4.78 is 14.7. The summed E-state index contributed by atoms with van der Waals surface area (Å²) >= 11 is 8.01. The van der Waals surface area contributed by atoms with Crippen molar-refractivity contribution < 1.29 is 4.39 Å². The molecule has 112 valence electrons. The highest BCUT2D eigenvalue weighted by molar-refractivity contribution is 7.10. The Morgan fingerprint density at radius 1 is 1.29 bits per heavy atom. The molecule has 1 aromatic heterocycles. The number of piperazine rings is 1. The molecule has 0 radical (unpaired) electrons. The van der Waals surface area contributed by atoms with Crippen LogP contribution in [0.4, 0.5) is 4.39 Å². The second-order valence-corrected chi connectivity index (χ2v) is 6.68. The van der Waals surface area contributed by atoms with E-state index in [4.69, 9.17) is 11.6 Å². The first-order valence-electron chi connectivity index (χ1n) is 7.11. The summed E-state index contributed by atoms with van der Waals surface area (Å²) in [6.45, 7) is 5.43. The Morgan fingerprint density at radius 2 is 2.05 bits per heavy atom. The minimum Gasteiger partial charge on any atom is -0.314 e. The van der Waals surface area contributed by atoms with Gasteiger partial charge in [0.1, 0.15) is 5.82 Å². The molecule has 0 unspecified atom stereocenters. The third kappa shape index (κ3) is 2.99. The second-order valence-electron chi connectivity index (χ2n) is 5.30. The van der Waals surface area contributed by atoms with E-state index < -0.39 is 0 Å². The van der Waals surface area contributed by atoms with Gasteiger partial charge in [0, 0.05) is 41.6 Å². The van der Waals surface area contributed by atoms with E-state index >= 15 is 0 Å². The lowest BCUT2D eigenvalue weighted by Gasteiger charge is -2.35. The molecule has 2 heterocycles. The zero-order valence-corrected chi connectivity index (χ0v) is 13.5. The largest absolute Gasteiger partial charge is 0.314 e. The minimum absolute atomic E-state index is 0.0977. The van der Waals surface area contributed by atoms with Gasteiger partial charge < -0.3 is 5.32 Å². The quantitative estimate of drug-likeness (QED) is 0.922. The summed E-state index contributed by atoms with van der Waals surface area (Å²) in [5, 5.41) is 5.89. The molecule has 0 spiro atoms. The fourth-order valence-corrected chi connectivity index (χ4v) is 3.94. The van der Waals surface area contributed by atoms with Gasteiger partial charge in [0.2, 0.25) is 0 Å². The lowest BCUT2D eigenvalue weighted by atomic mass is 9.99. The Balaban J connectivity index is 2.09. The summed E-state index contributed by atoms with van der Waals surface area (Å²) in [5.41, 5.74) is 1.26. The number of rotatable bonds is 3. The van der Waals surface area contributed by atoms with Gasteiger partial charge in [-0.25, -0.2) is 4.39 Å². The van der Waals surface area contributed by atoms with Crippen LogP contribution < -0.4 is 5.32 Å². The first-order chi connectivity index (χ1) is 10.2. The molecule has 5 heteroatoms. The first-order valence-corrected chi connectivity index (χ1v) is 8.37. The van der Waals surface area contributed by atoms with Crippen molar-refractivity contribution in [3.05, 3.63) is 56.5 Å². The van der Waals surface area contributed by atoms with Crippen molar-refractivity contribution in [1.82, 2.24) is 10.2 Å². The molecule has 0 aliphatic carbocycles. The van der Waals surface area contributed by atoms with Crippen LogP contribution in [0.3, 0.4) is 0 Å². The Hall–Kier alpha value is -0.940. The molecule has 1 N–H and O–H groups in total. The highest BCUT2D eigenvalue weighted by Gasteiger charge is 2.29. The Bertz CT molecular complexity index is 609. The van der Waals surface area contributed by atoms with Gasteiger partial charge in [0.05, 0.1) is 6.04 Å². The van der Waals surface area contributed by atoms with Gasteiger partial charge >= 0.3 is 0 Å². The maximum absolute atomic E-state index is 14.7. The van der Waals surface area contributed by atoms with E-state index in [1.165, 1.54) is 0 Å².